The lowest BCUT2D eigenvalue weighted by Crippen LogP contribution is -2.69. The van der Waals surface area contributed by atoms with Crippen molar-refractivity contribution in [3.8, 4) is 0 Å². The number of fused-ring (bicyclic) bond motifs is 10. The van der Waals surface area contributed by atoms with Crippen LogP contribution in [0.2, 0.25) is 0 Å². The number of aliphatic hydroxyl groups is 16. The van der Waals surface area contributed by atoms with Crippen molar-refractivity contribution >= 4 is 0 Å². The van der Waals surface area contributed by atoms with Gasteiger partial charge in [-0.2, -0.15) is 0 Å². The lowest BCUT2D eigenvalue weighted by molar-refractivity contribution is -0.392. The normalized spacial score (nSPS) is 56.3. The fourth-order valence-electron chi connectivity index (χ4n) is 18.2. The summed E-state index contributed by atoms with van der Waals surface area (Å²) in [5.41, 5.74) is -1.74. The van der Waals surface area contributed by atoms with Gasteiger partial charge >= 0.3 is 0 Å². The largest absolute Gasteiger partial charge is 0.396 e. The third kappa shape index (κ3) is 10.4. The highest BCUT2D eigenvalue weighted by molar-refractivity contribution is 5.41. The van der Waals surface area contributed by atoms with Crippen LogP contribution in [-0.4, -0.2) is 287 Å². The minimum Gasteiger partial charge on any atom is -0.396 e. The predicted octanol–water partition coefficient (Wildman–Crippen LogP) is -4.50. The van der Waals surface area contributed by atoms with Crippen molar-refractivity contribution in [1.29, 1.82) is 0 Å². The van der Waals surface area contributed by atoms with Crippen molar-refractivity contribution in [1.82, 2.24) is 0 Å². The second-order valence-corrected chi connectivity index (χ2v) is 28.6. The molecule has 0 spiro atoms. The van der Waals surface area contributed by atoms with Crippen molar-refractivity contribution < 1.29 is 134 Å². The van der Waals surface area contributed by atoms with E-state index in [4.69, 9.17) is 52.1 Å². The van der Waals surface area contributed by atoms with Crippen LogP contribution in [0.5, 0.6) is 0 Å². The fraction of sp³-hybridized carbons (Fsp3) is 0.966. The first-order chi connectivity index (χ1) is 40.0. The molecular weight excluding hydrogens is 1130 g/mol. The van der Waals surface area contributed by atoms with Gasteiger partial charge in [-0.05, 0) is 84.4 Å². The van der Waals surface area contributed by atoms with Crippen molar-refractivity contribution in [2.45, 2.75) is 259 Å². The molecule has 0 amide bonds. The number of allylic oxidation sites excluding steroid dienone is 1. The first-order valence-corrected chi connectivity index (χ1v) is 30.4. The third-order valence-corrected chi connectivity index (χ3v) is 23.2. The third-order valence-electron chi connectivity index (χ3n) is 23.2. The Bertz CT molecular complexity index is 2370. The molecule has 11 aliphatic rings. The number of epoxide rings is 1. The molecule has 5 aliphatic carbocycles. The van der Waals surface area contributed by atoms with E-state index in [1.165, 1.54) is 5.57 Å². The van der Waals surface area contributed by atoms with Crippen LogP contribution in [0.25, 0.3) is 0 Å². The Morgan fingerprint density at radius 1 is 0.482 bits per heavy atom. The summed E-state index contributed by atoms with van der Waals surface area (Å²) in [5, 5.41) is 173. The second kappa shape index (κ2) is 23.7. The quantitative estimate of drug-likeness (QED) is 0.0443. The van der Waals surface area contributed by atoms with Crippen LogP contribution in [0.15, 0.2) is 11.6 Å². The summed E-state index contributed by atoms with van der Waals surface area (Å²) in [7, 11) is 0. The SMILES string of the molecule is CC1(C)CC2C3=CCC4[C@@]5(C)CC[C@H](O[C@@H]6OC[C@H](O[C@@H]7O[C@H](CO)[C@@H](O)[C@H](O)[C@H]7O[C@@H]7OC[C@@H](O)[C@H](O)[C@H]7O)[C@H](O)[C@H]6O[C@@H]6O[C@H](CO)[C@@H](O)[C@H](O)[C@H]6O)C(C)(C)C5CC[C@@]4(C)[C@]3(C)[C@H]3O[C@H]3[C@@]2(CO)[C@@H](O[C@@H]2O[C@H](CO)[C@@H](O)[C@H](O)[C@H]2O)C1. The maximum Gasteiger partial charge on any atom is 0.187 e. The lowest BCUT2D eigenvalue weighted by atomic mass is 9.33. The zero-order valence-corrected chi connectivity index (χ0v) is 49.2. The first-order valence-electron chi connectivity index (χ1n) is 30.4. The van der Waals surface area contributed by atoms with E-state index >= 15 is 0 Å². The van der Waals surface area contributed by atoms with Crippen LogP contribution in [0, 0.1) is 50.2 Å². The number of rotatable bonds is 14. The van der Waals surface area contributed by atoms with Crippen LogP contribution >= 0.6 is 0 Å². The average Bonchev–Trinajstić information content (AvgIpc) is 1.55. The van der Waals surface area contributed by atoms with E-state index in [2.05, 4.69) is 54.5 Å². The summed E-state index contributed by atoms with van der Waals surface area (Å²) in [6.07, 6.45) is -32.8. The molecule has 3 unspecified atom stereocenters. The number of hydrogen-bond acceptors (Lipinski definition) is 27. The van der Waals surface area contributed by atoms with Gasteiger partial charge in [0.15, 0.2) is 31.5 Å². The van der Waals surface area contributed by atoms with Gasteiger partial charge in [0, 0.05) is 5.41 Å². The van der Waals surface area contributed by atoms with Gasteiger partial charge in [-0.3, -0.25) is 0 Å². The molecule has 6 saturated heterocycles. The zero-order chi connectivity index (χ0) is 61.6. The number of aliphatic hydroxyl groups excluding tert-OH is 16. The molecular formula is C58H94O27. The lowest BCUT2D eigenvalue weighted by Gasteiger charge is -2.71. The summed E-state index contributed by atoms with van der Waals surface area (Å²) in [6.45, 7) is 12.2. The second-order valence-electron chi connectivity index (χ2n) is 28.6. The zero-order valence-electron chi connectivity index (χ0n) is 49.2. The van der Waals surface area contributed by atoms with Crippen LogP contribution in [0.4, 0.5) is 0 Å². The van der Waals surface area contributed by atoms with Gasteiger partial charge < -0.3 is 134 Å². The van der Waals surface area contributed by atoms with E-state index in [0.717, 1.165) is 19.3 Å². The number of hydrogen-bond donors (Lipinski definition) is 16. The molecule has 0 bridgehead atoms. The van der Waals surface area contributed by atoms with Crippen molar-refractivity contribution in [2.75, 3.05) is 39.6 Å². The number of ether oxygens (including phenoxy) is 11. The monoisotopic (exact) mass is 1220 g/mol. The average molecular weight is 1220 g/mol. The highest BCUT2D eigenvalue weighted by Crippen LogP contribution is 2.79. The smallest absolute Gasteiger partial charge is 0.187 e. The van der Waals surface area contributed by atoms with Crippen molar-refractivity contribution in [3.05, 3.63) is 11.6 Å². The Morgan fingerprint density at radius 3 is 1.64 bits per heavy atom. The standard InChI is InChI=1S/C58H94O27/c1-53(2)14-23-22-8-9-30-55(5)12-11-31(54(3,4)29(55)10-13-56(30,6)57(22,7)46-47(85-46)58(23,21-62)32(15-53)82-49-42(73)38(69)34(65)25(16-59)77-49)81-51-44(84-50-43(74)39(70)35(66)26(17-60)78-50)37(68)28(20-76-51)80-52-45(40(71)36(67)27(18-61)79-52)83-48-41(72)33(64)24(63)19-75-48/h8,23-52,59-74H,9-21H2,1-7H3/t23?,24-,25-,26-,27-,28+,29?,30?,31+,32+,33+,34-,35-,36-,37+,38+,39+,40+,41-,42-,43-,44-,45-,46+,47-,48+,49+,50+,51+,52+,55+,56-,57+,58-/m1/s1. The van der Waals surface area contributed by atoms with E-state index in [9.17, 15) is 81.7 Å². The maximum absolute atomic E-state index is 12.4. The molecule has 0 aromatic rings. The summed E-state index contributed by atoms with van der Waals surface area (Å²) in [6, 6.07) is 0. The highest BCUT2D eigenvalue weighted by atomic mass is 16.8. The minimum absolute atomic E-state index is 0.0448. The molecule has 16 N–H and O–H groups in total. The molecule has 0 radical (unpaired) electrons. The Balaban J connectivity index is 0.847. The predicted molar refractivity (Wildman–Crippen MR) is 284 cm³/mol. The summed E-state index contributed by atoms with van der Waals surface area (Å²) < 4.78 is 68.4. The molecule has 0 aromatic carbocycles. The van der Waals surface area contributed by atoms with Gasteiger partial charge in [0.2, 0.25) is 0 Å². The van der Waals surface area contributed by atoms with E-state index in [1.54, 1.807) is 0 Å². The van der Waals surface area contributed by atoms with Gasteiger partial charge in [0.25, 0.3) is 0 Å². The fourth-order valence-corrected chi connectivity index (χ4v) is 18.2. The Kier molecular flexibility index (Phi) is 18.1. The molecule has 6 heterocycles. The van der Waals surface area contributed by atoms with E-state index in [-0.39, 0.29) is 46.7 Å². The van der Waals surface area contributed by atoms with E-state index in [0.29, 0.717) is 25.7 Å². The van der Waals surface area contributed by atoms with Crippen molar-refractivity contribution in [2.24, 2.45) is 50.2 Å². The van der Waals surface area contributed by atoms with E-state index in [1.807, 2.05) is 0 Å². The maximum atomic E-state index is 12.4. The minimum atomic E-state index is -1.92. The molecule has 34 atom stereocenters. The Labute approximate surface area is 493 Å². The summed E-state index contributed by atoms with van der Waals surface area (Å²) in [5.74, 6) is -0.0292. The molecule has 6 aliphatic heterocycles. The Hall–Kier alpha value is -1.34. The first kappa shape index (κ1) is 65.2. The summed E-state index contributed by atoms with van der Waals surface area (Å²) >= 11 is 0. The molecule has 0 aromatic heterocycles. The molecule has 11 rings (SSSR count). The molecule has 10 fully saturated rings. The van der Waals surface area contributed by atoms with Crippen LogP contribution in [0.3, 0.4) is 0 Å². The van der Waals surface area contributed by atoms with Gasteiger partial charge in [-0.25, -0.2) is 0 Å². The van der Waals surface area contributed by atoms with Gasteiger partial charge in [0.05, 0.1) is 69.5 Å². The molecule has 27 heteroatoms. The molecule has 4 saturated carbocycles. The summed E-state index contributed by atoms with van der Waals surface area (Å²) in [4.78, 5) is 0. The van der Waals surface area contributed by atoms with Crippen LogP contribution < -0.4 is 0 Å². The van der Waals surface area contributed by atoms with Gasteiger partial charge in [-0.1, -0.05) is 60.1 Å². The topological polar surface area (TPSA) is 429 Å². The van der Waals surface area contributed by atoms with Crippen LogP contribution in [0.1, 0.15) is 93.4 Å². The Morgan fingerprint density at radius 2 is 1.02 bits per heavy atom. The van der Waals surface area contributed by atoms with Gasteiger partial charge in [0.1, 0.15) is 110 Å². The van der Waals surface area contributed by atoms with Gasteiger partial charge in [-0.15, -0.1) is 0 Å². The molecule has 27 nitrogen and oxygen atoms in total. The molecule has 85 heavy (non-hydrogen) atoms. The van der Waals surface area contributed by atoms with Crippen molar-refractivity contribution in [3.63, 3.8) is 0 Å². The highest BCUT2D eigenvalue weighted by Gasteiger charge is 2.80. The molecule has 488 valence electrons. The van der Waals surface area contributed by atoms with Crippen LogP contribution in [-0.2, 0) is 52.1 Å². The van der Waals surface area contributed by atoms with E-state index < -0.39 is 209 Å².